The van der Waals surface area contributed by atoms with Gasteiger partial charge in [0.1, 0.15) is 5.75 Å². The van der Waals surface area contributed by atoms with Gasteiger partial charge in [-0.15, -0.1) is 0 Å². The summed E-state index contributed by atoms with van der Waals surface area (Å²) in [6.07, 6.45) is -0.267. The van der Waals surface area contributed by atoms with Gasteiger partial charge in [0.25, 0.3) is 5.91 Å². The van der Waals surface area contributed by atoms with Gasteiger partial charge in [-0.05, 0) is 24.1 Å². The third-order valence-corrected chi connectivity index (χ3v) is 3.06. The van der Waals surface area contributed by atoms with Crippen LogP contribution in [-0.4, -0.2) is 25.5 Å². The maximum atomic E-state index is 12.6. The van der Waals surface area contributed by atoms with Crippen molar-refractivity contribution < 1.29 is 18.3 Å². The minimum Gasteiger partial charge on any atom is -0.497 e. The van der Waals surface area contributed by atoms with E-state index in [1.807, 2.05) is 0 Å². The van der Waals surface area contributed by atoms with E-state index >= 15 is 0 Å². The highest BCUT2D eigenvalue weighted by Crippen LogP contribution is 2.41. The molecule has 2 rings (SSSR count). The van der Waals surface area contributed by atoms with Crippen molar-refractivity contribution in [1.29, 1.82) is 0 Å². The first kappa shape index (κ1) is 12.8. The van der Waals surface area contributed by atoms with Crippen LogP contribution < -0.4 is 10.1 Å². The SMILES string of the molecule is COc1cccc(C(=O)NCC2CC(F)(F)C2)c1. The van der Waals surface area contributed by atoms with Crippen LogP contribution >= 0.6 is 0 Å². The van der Waals surface area contributed by atoms with Crippen LogP contribution in [0.4, 0.5) is 8.78 Å². The average molecular weight is 255 g/mol. The highest BCUT2D eigenvalue weighted by molar-refractivity contribution is 5.94. The Morgan fingerprint density at radius 3 is 2.83 bits per heavy atom. The van der Waals surface area contributed by atoms with Crippen molar-refractivity contribution in [3.8, 4) is 5.75 Å². The minimum atomic E-state index is -2.54. The normalized spacial score (nSPS) is 17.9. The Morgan fingerprint density at radius 1 is 1.50 bits per heavy atom. The summed E-state index contributed by atoms with van der Waals surface area (Å²) in [5.41, 5.74) is 0.473. The number of carbonyl (C=O) groups is 1. The summed E-state index contributed by atoms with van der Waals surface area (Å²) in [6, 6.07) is 6.73. The summed E-state index contributed by atoms with van der Waals surface area (Å²) < 4.78 is 30.2. The molecule has 1 amide bonds. The third kappa shape index (κ3) is 2.97. The number of hydrogen-bond acceptors (Lipinski definition) is 2. The van der Waals surface area contributed by atoms with E-state index in [0.29, 0.717) is 17.9 Å². The summed E-state index contributed by atoms with van der Waals surface area (Å²) in [5.74, 6) is -2.32. The molecule has 0 bridgehead atoms. The predicted molar refractivity (Wildman–Crippen MR) is 63.0 cm³/mol. The van der Waals surface area contributed by atoms with Gasteiger partial charge in [0.05, 0.1) is 7.11 Å². The Bertz CT molecular complexity index is 440. The lowest BCUT2D eigenvalue weighted by Gasteiger charge is -2.34. The molecule has 98 valence electrons. The highest BCUT2D eigenvalue weighted by atomic mass is 19.3. The molecule has 0 aliphatic heterocycles. The van der Waals surface area contributed by atoms with Crippen LogP contribution in [0, 0.1) is 5.92 Å². The lowest BCUT2D eigenvalue weighted by atomic mass is 9.81. The van der Waals surface area contributed by atoms with Gasteiger partial charge < -0.3 is 10.1 Å². The van der Waals surface area contributed by atoms with E-state index in [2.05, 4.69) is 5.32 Å². The molecule has 18 heavy (non-hydrogen) atoms. The van der Waals surface area contributed by atoms with Crippen molar-refractivity contribution in [3.05, 3.63) is 29.8 Å². The van der Waals surface area contributed by atoms with E-state index in [4.69, 9.17) is 4.74 Å². The summed E-state index contributed by atoms with van der Waals surface area (Å²) in [7, 11) is 1.52. The van der Waals surface area contributed by atoms with E-state index < -0.39 is 5.92 Å². The monoisotopic (exact) mass is 255 g/mol. The fourth-order valence-corrected chi connectivity index (χ4v) is 2.03. The van der Waals surface area contributed by atoms with Crippen molar-refractivity contribution in [2.24, 2.45) is 5.92 Å². The zero-order valence-corrected chi connectivity index (χ0v) is 10.1. The molecule has 0 unspecified atom stereocenters. The molecule has 0 saturated heterocycles. The van der Waals surface area contributed by atoms with Crippen molar-refractivity contribution in [3.63, 3.8) is 0 Å². The zero-order chi connectivity index (χ0) is 13.2. The summed E-state index contributed by atoms with van der Waals surface area (Å²) in [6.45, 7) is 0.297. The molecule has 1 fully saturated rings. The Morgan fingerprint density at radius 2 is 2.22 bits per heavy atom. The molecule has 1 N–H and O–H groups in total. The van der Waals surface area contributed by atoms with Crippen LogP contribution in [0.2, 0.25) is 0 Å². The Kier molecular flexibility index (Phi) is 3.50. The van der Waals surface area contributed by atoms with Crippen LogP contribution in [0.15, 0.2) is 24.3 Å². The van der Waals surface area contributed by atoms with Gasteiger partial charge in [0.15, 0.2) is 0 Å². The second-order valence-corrected chi connectivity index (χ2v) is 4.57. The average Bonchev–Trinajstić information content (AvgIpc) is 2.33. The fraction of sp³-hybridized carbons (Fsp3) is 0.462. The van der Waals surface area contributed by atoms with Gasteiger partial charge in [-0.2, -0.15) is 0 Å². The van der Waals surface area contributed by atoms with E-state index in [1.54, 1.807) is 24.3 Å². The summed E-state index contributed by atoms with van der Waals surface area (Å²) in [4.78, 5) is 11.8. The predicted octanol–water partition coefficient (Wildman–Crippen LogP) is 2.47. The zero-order valence-electron chi connectivity index (χ0n) is 10.1. The smallest absolute Gasteiger partial charge is 0.251 e. The second kappa shape index (κ2) is 4.92. The number of ether oxygens (including phenoxy) is 1. The Hall–Kier alpha value is -1.65. The number of methoxy groups -OCH3 is 1. The number of benzene rings is 1. The molecule has 1 aromatic carbocycles. The minimum absolute atomic E-state index is 0.116. The maximum absolute atomic E-state index is 12.6. The Balaban J connectivity index is 1.84. The maximum Gasteiger partial charge on any atom is 0.251 e. The number of alkyl halides is 2. The number of carbonyl (C=O) groups excluding carboxylic acids is 1. The van der Waals surface area contributed by atoms with E-state index in [9.17, 15) is 13.6 Å². The van der Waals surface area contributed by atoms with Gasteiger partial charge in [0, 0.05) is 24.9 Å². The first-order chi connectivity index (χ1) is 8.50. The molecule has 0 atom stereocenters. The molecule has 3 nitrogen and oxygen atoms in total. The van der Waals surface area contributed by atoms with E-state index in [1.165, 1.54) is 7.11 Å². The van der Waals surface area contributed by atoms with E-state index in [0.717, 1.165) is 0 Å². The van der Waals surface area contributed by atoms with Crippen molar-refractivity contribution in [2.45, 2.75) is 18.8 Å². The standard InChI is InChI=1S/C13H15F2NO2/c1-18-11-4-2-3-10(5-11)12(17)16-8-9-6-13(14,15)7-9/h2-5,9H,6-8H2,1H3,(H,16,17). The Labute approximate surface area is 104 Å². The van der Waals surface area contributed by atoms with Gasteiger partial charge in [0.2, 0.25) is 5.92 Å². The molecule has 0 heterocycles. The van der Waals surface area contributed by atoms with Crippen LogP contribution in [-0.2, 0) is 0 Å². The third-order valence-electron chi connectivity index (χ3n) is 3.06. The van der Waals surface area contributed by atoms with E-state index in [-0.39, 0.29) is 24.7 Å². The highest BCUT2D eigenvalue weighted by Gasteiger charge is 2.44. The molecule has 1 saturated carbocycles. The van der Waals surface area contributed by atoms with Gasteiger partial charge in [-0.1, -0.05) is 6.07 Å². The topological polar surface area (TPSA) is 38.3 Å². The molecule has 0 spiro atoms. The molecule has 1 aromatic rings. The first-order valence-corrected chi connectivity index (χ1v) is 5.80. The molecular formula is C13H15F2NO2. The lowest BCUT2D eigenvalue weighted by Crippen LogP contribution is -2.42. The van der Waals surface area contributed by atoms with Gasteiger partial charge in [-0.3, -0.25) is 4.79 Å². The van der Waals surface area contributed by atoms with Crippen molar-refractivity contribution in [1.82, 2.24) is 5.32 Å². The number of hydrogen-bond donors (Lipinski definition) is 1. The van der Waals surface area contributed by atoms with Crippen LogP contribution in [0.3, 0.4) is 0 Å². The lowest BCUT2D eigenvalue weighted by molar-refractivity contribution is -0.108. The van der Waals surface area contributed by atoms with Crippen molar-refractivity contribution >= 4 is 5.91 Å². The van der Waals surface area contributed by atoms with Crippen molar-refractivity contribution in [2.75, 3.05) is 13.7 Å². The number of amides is 1. The molecule has 1 aliphatic carbocycles. The van der Waals surface area contributed by atoms with Crippen LogP contribution in [0.25, 0.3) is 0 Å². The van der Waals surface area contributed by atoms with Gasteiger partial charge >= 0.3 is 0 Å². The number of nitrogens with one attached hydrogen (secondary N) is 1. The van der Waals surface area contributed by atoms with Gasteiger partial charge in [-0.25, -0.2) is 8.78 Å². The quantitative estimate of drug-likeness (QED) is 0.897. The molecule has 0 radical (unpaired) electrons. The van der Waals surface area contributed by atoms with Crippen LogP contribution in [0.5, 0.6) is 5.75 Å². The summed E-state index contributed by atoms with van der Waals surface area (Å²) >= 11 is 0. The van der Waals surface area contributed by atoms with Crippen LogP contribution in [0.1, 0.15) is 23.2 Å². The second-order valence-electron chi connectivity index (χ2n) is 4.57. The summed E-state index contributed by atoms with van der Waals surface area (Å²) in [5, 5.41) is 2.66. The molecule has 1 aliphatic rings. The largest absolute Gasteiger partial charge is 0.497 e. The fourth-order valence-electron chi connectivity index (χ4n) is 2.03. The first-order valence-electron chi connectivity index (χ1n) is 5.80. The molecular weight excluding hydrogens is 240 g/mol. The number of rotatable bonds is 4. The molecule has 0 aromatic heterocycles. The number of halogens is 2. The molecule has 5 heteroatoms.